The van der Waals surface area contributed by atoms with Gasteiger partial charge in [0.05, 0.1) is 11.1 Å². The summed E-state index contributed by atoms with van der Waals surface area (Å²) >= 11 is 0. The molecule has 0 spiro atoms. The molecule has 4 nitrogen and oxygen atoms in total. The molecule has 0 aromatic heterocycles. The van der Waals surface area contributed by atoms with E-state index in [1.807, 2.05) is 52.0 Å². The predicted octanol–water partition coefficient (Wildman–Crippen LogP) is 7.26. The number of rotatable bonds is 6. The number of carboxylic acids is 2. The van der Waals surface area contributed by atoms with Gasteiger partial charge < -0.3 is 10.2 Å². The van der Waals surface area contributed by atoms with Crippen molar-refractivity contribution in [3.63, 3.8) is 0 Å². The van der Waals surface area contributed by atoms with Crippen LogP contribution >= 0.6 is 0 Å². The summed E-state index contributed by atoms with van der Waals surface area (Å²) in [7, 11) is 0. The first-order valence-corrected chi connectivity index (χ1v) is 10.6. The molecule has 0 saturated carbocycles. The summed E-state index contributed by atoms with van der Waals surface area (Å²) in [5.41, 5.74) is 5.11. The van der Waals surface area contributed by atoms with Gasteiger partial charge in [-0.3, -0.25) is 0 Å². The molecule has 0 bridgehead atoms. The summed E-state index contributed by atoms with van der Waals surface area (Å²) in [6.45, 7) is 16.5. The smallest absolute Gasteiger partial charge is 0.335 e. The average molecular weight is 478 g/mol. The summed E-state index contributed by atoms with van der Waals surface area (Å²) in [5, 5.41) is 18.2. The van der Waals surface area contributed by atoms with Gasteiger partial charge in [0.25, 0.3) is 0 Å². The zero-order valence-corrected chi connectivity index (χ0v) is 23.2. The van der Waals surface area contributed by atoms with Crippen LogP contribution in [-0.2, 0) is 19.5 Å². The van der Waals surface area contributed by atoms with E-state index < -0.39 is 11.9 Å². The molecule has 166 valence electrons. The molecule has 2 aromatic rings. The van der Waals surface area contributed by atoms with Gasteiger partial charge in [0, 0.05) is 19.5 Å². The Hall–Kier alpha value is -2.00. The number of carboxylic acid groups (broad SMARTS) is 2. The average Bonchev–Trinajstić information content (AvgIpc) is 2.66. The van der Waals surface area contributed by atoms with Crippen LogP contribution in [0.2, 0.25) is 0 Å². The van der Waals surface area contributed by atoms with E-state index >= 15 is 0 Å². The maximum Gasteiger partial charge on any atom is 0.335 e. The van der Waals surface area contributed by atoms with Crippen LogP contribution in [0.4, 0.5) is 0 Å². The van der Waals surface area contributed by atoms with Crippen molar-refractivity contribution in [3.8, 4) is 0 Å². The Labute approximate surface area is 199 Å². The summed E-state index contributed by atoms with van der Waals surface area (Å²) in [6.07, 6.45) is 0. The van der Waals surface area contributed by atoms with Gasteiger partial charge in [-0.15, -0.1) is 0 Å². The molecule has 2 N–H and O–H groups in total. The van der Waals surface area contributed by atoms with Crippen molar-refractivity contribution in [1.82, 2.24) is 0 Å². The minimum atomic E-state index is -0.832. The molecule has 2 rings (SSSR count). The van der Waals surface area contributed by atoms with Gasteiger partial charge in [0.2, 0.25) is 0 Å². The van der Waals surface area contributed by atoms with E-state index in [0.29, 0.717) is 23.0 Å². The Morgan fingerprint density at radius 2 is 0.871 bits per heavy atom. The summed E-state index contributed by atoms with van der Waals surface area (Å²) in [6, 6.07) is 11.1. The molecule has 0 saturated heterocycles. The fraction of sp³-hybridized carbons (Fsp3) is 0.462. The van der Waals surface area contributed by atoms with Crippen molar-refractivity contribution in [2.75, 3.05) is 0 Å². The van der Waals surface area contributed by atoms with Gasteiger partial charge in [-0.05, 0) is 58.1 Å². The number of hydrogen-bond acceptors (Lipinski definition) is 2. The second-order valence-corrected chi connectivity index (χ2v) is 8.85. The Morgan fingerprint density at radius 1 is 0.581 bits per heavy atom. The molecular weight excluding hydrogens is 442 g/mol. The van der Waals surface area contributed by atoms with Gasteiger partial charge in [-0.2, -0.15) is 0 Å². The van der Waals surface area contributed by atoms with Crippen molar-refractivity contribution < 1.29 is 39.3 Å². The molecule has 0 aliphatic rings. The third-order valence-corrected chi connectivity index (χ3v) is 5.14. The van der Waals surface area contributed by atoms with Crippen LogP contribution in [0.1, 0.15) is 122 Å². The van der Waals surface area contributed by atoms with Crippen molar-refractivity contribution in [2.24, 2.45) is 0 Å². The Morgan fingerprint density at radius 3 is 1.06 bits per heavy atom. The van der Waals surface area contributed by atoms with Crippen LogP contribution in [0.25, 0.3) is 0 Å². The van der Waals surface area contributed by atoms with Gasteiger partial charge in [0.1, 0.15) is 0 Å². The molecule has 0 fully saturated rings. The van der Waals surface area contributed by atoms with E-state index in [4.69, 9.17) is 10.2 Å². The summed E-state index contributed by atoms with van der Waals surface area (Å²) in [5.74, 6) is -0.449. The van der Waals surface area contributed by atoms with Crippen LogP contribution in [0, 0.1) is 0 Å². The van der Waals surface area contributed by atoms with E-state index in [0.717, 1.165) is 22.3 Å². The third kappa shape index (κ3) is 7.57. The molecular formula is C26H36O4Zn. The van der Waals surface area contributed by atoms with Gasteiger partial charge >= 0.3 is 11.9 Å². The third-order valence-electron chi connectivity index (χ3n) is 5.14. The number of benzene rings is 2. The first kappa shape index (κ1) is 29.0. The van der Waals surface area contributed by atoms with E-state index in [9.17, 15) is 9.59 Å². The van der Waals surface area contributed by atoms with Crippen molar-refractivity contribution in [1.29, 1.82) is 0 Å². The van der Waals surface area contributed by atoms with Crippen LogP contribution < -0.4 is 0 Å². The fourth-order valence-electron chi connectivity index (χ4n) is 3.83. The summed E-state index contributed by atoms with van der Waals surface area (Å²) in [4.78, 5) is 22.2. The largest absolute Gasteiger partial charge is 0.478 e. The predicted molar refractivity (Wildman–Crippen MR) is 123 cm³/mol. The molecule has 0 unspecified atom stereocenters. The zero-order chi connectivity index (χ0) is 23.2. The molecule has 5 heteroatoms. The van der Waals surface area contributed by atoms with Gasteiger partial charge in [0.15, 0.2) is 0 Å². The van der Waals surface area contributed by atoms with E-state index in [2.05, 4.69) is 27.7 Å². The van der Waals surface area contributed by atoms with Crippen molar-refractivity contribution in [3.05, 3.63) is 69.8 Å². The molecule has 31 heavy (non-hydrogen) atoms. The number of aromatic carboxylic acids is 2. The Bertz CT molecular complexity index is 809. The van der Waals surface area contributed by atoms with Crippen molar-refractivity contribution >= 4 is 11.9 Å². The standard InChI is InChI=1S/2C13H18O2.Zn/c2*1-8(2)10-6-5-7-11(13(14)15)12(10)9(3)4;/h2*5-9H,1-4H3,(H,14,15);. The molecule has 0 heterocycles. The van der Waals surface area contributed by atoms with Crippen LogP contribution in [0.15, 0.2) is 36.4 Å². The molecule has 0 amide bonds. The monoisotopic (exact) mass is 476 g/mol. The quantitative estimate of drug-likeness (QED) is 0.429. The normalized spacial score (nSPS) is 10.7. The maximum absolute atomic E-state index is 11.1. The Kier molecular flexibility index (Phi) is 11.9. The van der Waals surface area contributed by atoms with Crippen LogP contribution in [-0.4, -0.2) is 22.2 Å². The van der Waals surface area contributed by atoms with E-state index in [-0.39, 0.29) is 31.3 Å². The SMILES string of the molecule is CC(C)c1cccc(C(=O)O)c1C(C)C.CC(C)c1cccc(C(=O)O)c1C(C)C.[Zn]. The van der Waals surface area contributed by atoms with E-state index in [1.165, 1.54) is 0 Å². The topological polar surface area (TPSA) is 74.6 Å². The zero-order valence-electron chi connectivity index (χ0n) is 20.2. The molecule has 0 aliphatic carbocycles. The molecule has 0 atom stereocenters. The van der Waals surface area contributed by atoms with E-state index in [1.54, 1.807) is 12.1 Å². The van der Waals surface area contributed by atoms with Crippen LogP contribution in [0.3, 0.4) is 0 Å². The second-order valence-electron chi connectivity index (χ2n) is 8.85. The first-order chi connectivity index (χ1) is 13.9. The molecule has 0 aliphatic heterocycles. The second kappa shape index (κ2) is 12.8. The first-order valence-electron chi connectivity index (χ1n) is 10.6. The maximum atomic E-state index is 11.1. The number of carbonyl (C=O) groups is 2. The fourth-order valence-corrected chi connectivity index (χ4v) is 3.83. The van der Waals surface area contributed by atoms with Gasteiger partial charge in [-0.25, -0.2) is 9.59 Å². The van der Waals surface area contributed by atoms with Crippen molar-refractivity contribution in [2.45, 2.75) is 79.1 Å². The number of hydrogen-bond donors (Lipinski definition) is 2. The minimum absolute atomic E-state index is 0. The Balaban J connectivity index is 0.000000562. The van der Waals surface area contributed by atoms with Gasteiger partial charge in [-0.1, -0.05) is 79.7 Å². The van der Waals surface area contributed by atoms with Crippen LogP contribution in [0.5, 0.6) is 0 Å². The minimum Gasteiger partial charge on any atom is -0.478 e. The molecule has 0 radical (unpaired) electrons. The molecule has 2 aromatic carbocycles. The summed E-state index contributed by atoms with van der Waals surface area (Å²) < 4.78 is 0.